The van der Waals surface area contributed by atoms with Gasteiger partial charge in [0.2, 0.25) is 0 Å². The lowest BCUT2D eigenvalue weighted by atomic mass is 10.0. The summed E-state index contributed by atoms with van der Waals surface area (Å²) >= 11 is 5.69. The Bertz CT molecular complexity index is 635. The molecule has 1 saturated heterocycles. The van der Waals surface area contributed by atoms with Gasteiger partial charge in [0, 0.05) is 24.2 Å². The Balaban J connectivity index is 2.30. The highest BCUT2D eigenvalue weighted by Crippen LogP contribution is 2.27. The average molecular weight is 314 g/mol. The first kappa shape index (κ1) is 15.2. The fraction of sp³-hybridized carbons (Fsp3) is 0.333. The van der Waals surface area contributed by atoms with Crippen LogP contribution in [0.4, 0.5) is 5.69 Å². The van der Waals surface area contributed by atoms with E-state index in [2.05, 4.69) is 0 Å². The molecule has 1 aromatic carbocycles. The van der Waals surface area contributed by atoms with Crippen molar-refractivity contribution in [3.05, 3.63) is 38.9 Å². The number of amides is 1. The van der Waals surface area contributed by atoms with E-state index in [9.17, 15) is 19.7 Å². The number of nitrogens with two attached hydrogens (primary N) is 1. The molecule has 1 fully saturated rings. The van der Waals surface area contributed by atoms with Crippen LogP contribution >= 0.6 is 11.6 Å². The van der Waals surface area contributed by atoms with E-state index in [4.69, 9.17) is 22.4 Å². The van der Waals surface area contributed by atoms with Crippen LogP contribution in [0.3, 0.4) is 0 Å². The maximum Gasteiger partial charge on any atom is 0.325 e. The number of likely N-dealkylation sites (tertiary alicyclic amines) is 1. The van der Waals surface area contributed by atoms with E-state index >= 15 is 0 Å². The number of benzene rings is 1. The summed E-state index contributed by atoms with van der Waals surface area (Å²) in [6.45, 7) is -0.0671. The molecule has 8 nitrogen and oxygen atoms in total. The first-order valence-corrected chi connectivity index (χ1v) is 6.38. The fourth-order valence-electron chi connectivity index (χ4n) is 2.19. The zero-order valence-corrected chi connectivity index (χ0v) is 11.5. The van der Waals surface area contributed by atoms with Gasteiger partial charge >= 0.3 is 5.97 Å². The highest BCUT2D eigenvalue weighted by atomic mass is 35.5. The third-order valence-corrected chi connectivity index (χ3v) is 3.64. The third kappa shape index (κ3) is 2.81. The van der Waals surface area contributed by atoms with Gasteiger partial charge < -0.3 is 15.7 Å². The third-order valence-electron chi connectivity index (χ3n) is 3.40. The van der Waals surface area contributed by atoms with Crippen molar-refractivity contribution in [1.29, 1.82) is 0 Å². The zero-order valence-electron chi connectivity index (χ0n) is 10.8. The summed E-state index contributed by atoms with van der Waals surface area (Å²) < 4.78 is 0. The van der Waals surface area contributed by atoms with Crippen LogP contribution < -0.4 is 5.73 Å². The van der Waals surface area contributed by atoms with E-state index in [-0.39, 0.29) is 30.1 Å². The number of carboxylic acid groups (broad SMARTS) is 1. The Morgan fingerprint density at radius 3 is 2.67 bits per heavy atom. The molecule has 1 unspecified atom stereocenters. The van der Waals surface area contributed by atoms with E-state index in [1.54, 1.807) is 0 Å². The second kappa shape index (κ2) is 5.30. The Morgan fingerprint density at radius 1 is 1.48 bits per heavy atom. The fourth-order valence-corrected chi connectivity index (χ4v) is 2.35. The molecule has 21 heavy (non-hydrogen) atoms. The molecule has 112 valence electrons. The summed E-state index contributed by atoms with van der Waals surface area (Å²) in [5.41, 5.74) is 3.61. The van der Waals surface area contributed by atoms with Crippen LogP contribution in [-0.2, 0) is 4.79 Å². The Hall–Kier alpha value is -2.19. The Kier molecular flexibility index (Phi) is 3.84. The molecule has 2 rings (SSSR count). The molecule has 1 aromatic rings. The monoisotopic (exact) mass is 313 g/mol. The molecule has 3 N–H and O–H groups in total. The van der Waals surface area contributed by atoms with Crippen LogP contribution in [0.1, 0.15) is 16.8 Å². The van der Waals surface area contributed by atoms with Crippen molar-refractivity contribution in [3.63, 3.8) is 0 Å². The summed E-state index contributed by atoms with van der Waals surface area (Å²) in [7, 11) is 0. The predicted molar refractivity (Wildman–Crippen MR) is 73.2 cm³/mol. The standard InChI is InChI=1S/C12H12ClN3O5/c13-7-1-2-8(9(5-7)16(20)21)10(17)15-4-3-12(14,6-15)11(18)19/h1-2,5H,3-4,6,14H2,(H,18,19). The predicted octanol–water partition coefficient (Wildman–Crippen LogP) is 0.876. The van der Waals surface area contributed by atoms with E-state index in [0.717, 1.165) is 6.07 Å². The zero-order chi connectivity index (χ0) is 15.8. The molecular weight excluding hydrogens is 302 g/mol. The molecule has 9 heteroatoms. The van der Waals surface area contributed by atoms with Gasteiger partial charge in [-0.05, 0) is 18.6 Å². The minimum Gasteiger partial charge on any atom is -0.480 e. The molecule has 0 radical (unpaired) electrons. The number of hydrogen-bond donors (Lipinski definition) is 2. The molecular formula is C12H12ClN3O5. The number of nitro benzene ring substituents is 1. The minimum absolute atomic E-state index is 0.0927. The van der Waals surface area contributed by atoms with Crippen LogP contribution in [0.2, 0.25) is 5.02 Å². The van der Waals surface area contributed by atoms with Crippen molar-refractivity contribution >= 4 is 29.2 Å². The van der Waals surface area contributed by atoms with Gasteiger partial charge in [0.05, 0.1) is 4.92 Å². The summed E-state index contributed by atoms with van der Waals surface area (Å²) in [6, 6.07) is 3.70. The van der Waals surface area contributed by atoms with E-state index < -0.39 is 28.0 Å². The van der Waals surface area contributed by atoms with Crippen LogP contribution in [0.25, 0.3) is 0 Å². The normalized spacial score (nSPS) is 21.3. The molecule has 0 aliphatic carbocycles. The number of carbonyl (C=O) groups is 2. The number of nitro groups is 1. The number of nitrogens with zero attached hydrogens (tertiary/aromatic N) is 2. The van der Waals surface area contributed by atoms with Crippen molar-refractivity contribution in [2.75, 3.05) is 13.1 Å². The van der Waals surface area contributed by atoms with Crippen molar-refractivity contribution in [3.8, 4) is 0 Å². The topological polar surface area (TPSA) is 127 Å². The molecule has 0 saturated carbocycles. The van der Waals surface area contributed by atoms with Crippen LogP contribution in [0, 0.1) is 10.1 Å². The maximum absolute atomic E-state index is 12.3. The van der Waals surface area contributed by atoms with Gasteiger partial charge in [-0.25, -0.2) is 0 Å². The lowest BCUT2D eigenvalue weighted by molar-refractivity contribution is -0.385. The average Bonchev–Trinajstić information content (AvgIpc) is 2.82. The lowest BCUT2D eigenvalue weighted by Crippen LogP contribution is -2.50. The van der Waals surface area contributed by atoms with Gasteiger partial charge in [-0.3, -0.25) is 19.7 Å². The smallest absolute Gasteiger partial charge is 0.325 e. The number of hydrogen-bond acceptors (Lipinski definition) is 5. The molecule has 1 atom stereocenters. The summed E-state index contributed by atoms with van der Waals surface area (Å²) in [6.07, 6.45) is 0.0927. The van der Waals surface area contributed by atoms with Crippen LogP contribution in [0.15, 0.2) is 18.2 Å². The molecule has 0 spiro atoms. The van der Waals surface area contributed by atoms with Crippen molar-refractivity contribution in [1.82, 2.24) is 4.90 Å². The van der Waals surface area contributed by atoms with Crippen LogP contribution in [-0.4, -0.2) is 45.4 Å². The van der Waals surface area contributed by atoms with Gasteiger partial charge in [0.25, 0.3) is 11.6 Å². The molecule has 1 amide bonds. The maximum atomic E-state index is 12.3. The molecule has 1 aliphatic rings. The number of carboxylic acids is 1. The summed E-state index contributed by atoms with van der Waals surface area (Å²) in [5, 5.41) is 20.2. The largest absolute Gasteiger partial charge is 0.480 e. The van der Waals surface area contributed by atoms with Gasteiger partial charge in [0.15, 0.2) is 0 Å². The van der Waals surface area contributed by atoms with Gasteiger partial charge in [-0.2, -0.15) is 0 Å². The number of halogens is 1. The van der Waals surface area contributed by atoms with E-state index in [1.807, 2.05) is 0 Å². The van der Waals surface area contributed by atoms with Gasteiger partial charge in [-0.1, -0.05) is 11.6 Å². The highest BCUT2D eigenvalue weighted by Gasteiger charge is 2.43. The number of aliphatic carboxylic acids is 1. The number of carbonyl (C=O) groups excluding carboxylic acids is 1. The second-order valence-corrected chi connectivity index (χ2v) is 5.29. The quantitative estimate of drug-likeness (QED) is 0.630. The first-order valence-electron chi connectivity index (χ1n) is 6.00. The van der Waals surface area contributed by atoms with Crippen molar-refractivity contribution < 1.29 is 19.6 Å². The molecule has 0 aromatic heterocycles. The molecule has 0 bridgehead atoms. The lowest BCUT2D eigenvalue weighted by Gasteiger charge is -2.20. The van der Waals surface area contributed by atoms with Crippen LogP contribution in [0.5, 0.6) is 0 Å². The second-order valence-electron chi connectivity index (χ2n) is 4.86. The first-order chi connectivity index (χ1) is 9.74. The SMILES string of the molecule is NC1(C(=O)O)CCN(C(=O)c2ccc(Cl)cc2[N+](=O)[O-])C1. The Morgan fingerprint density at radius 2 is 2.14 bits per heavy atom. The summed E-state index contributed by atoms with van der Waals surface area (Å²) in [4.78, 5) is 34.9. The number of rotatable bonds is 3. The van der Waals surface area contributed by atoms with Gasteiger partial charge in [0.1, 0.15) is 11.1 Å². The van der Waals surface area contributed by atoms with Gasteiger partial charge in [-0.15, -0.1) is 0 Å². The van der Waals surface area contributed by atoms with Crippen molar-refractivity contribution in [2.24, 2.45) is 5.73 Å². The summed E-state index contributed by atoms with van der Waals surface area (Å²) in [5.74, 6) is -1.84. The Labute approximate surface area is 124 Å². The van der Waals surface area contributed by atoms with Crippen molar-refractivity contribution in [2.45, 2.75) is 12.0 Å². The molecule has 1 aliphatic heterocycles. The highest BCUT2D eigenvalue weighted by molar-refractivity contribution is 6.31. The molecule has 1 heterocycles. The minimum atomic E-state index is -1.52. The van der Waals surface area contributed by atoms with E-state index in [1.165, 1.54) is 17.0 Å². The van der Waals surface area contributed by atoms with E-state index in [0.29, 0.717) is 0 Å².